The van der Waals surface area contributed by atoms with E-state index in [9.17, 15) is 4.79 Å². The summed E-state index contributed by atoms with van der Waals surface area (Å²) >= 11 is 5.89. The number of benzene rings is 1. The van der Waals surface area contributed by atoms with E-state index in [1.165, 1.54) is 0 Å². The minimum absolute atomic E-state index is 0.175. The Bertz CT molecular complexity index is 494. The van der Waals surface area contributed by atoms with Crippen molar-refractivity contribution in [1.29, 1.82) is 0 Å². The number of hydrogen-bond donors (Lipinski definition) is 0. The Hall–Kier alpha value is -1.74. The largest absolute Gasteiger partial charge is 0.485 e. The van der Waals surface area contributed by atoms with Gasteiger partial charge in [0.1, 0.15) is 11.6 Å². The summed E-state index contributed by atoms with van der Waals surface area (Å²) in [6.45, 7) is 0.971. The lowest BCUT2D eigenvalue weighted by Gasteiger charge is -2.08. The van der Waals surface area contributed by atoms with E-state index >= 15 is 0 Å². The van der Waals surface area contributed by atoms with Gasteiger partial charge in [-0.2, -0.15) is 0 Å². The predicted octanol–water partition coefficient (Wildman–Crippen LogP) is 2.68. The molecule has 0 radical (unpaired) electrons. The maximum atomic E-state index is 11.9. The first-order valence-corrected chi connectivity index (χ1v) is 6.04. The smallest absolute Gasteiger partial charge is 0.240 e. The van der Waals surface area contributed by atoms with Gasteiger partial charge in [0.05, 0.1) is 0 Å². The molecule has 0 amide bonds. The van der Waals surface area contributed by atoms with E-state index < -0.39 is 0 Å². The molecule has 1 aliphatic rings. The predicted molar refractivity (Wildman–Crippen MR) is 70.9 cm³/mol. The molecule has 4 heteroatoms. The average Bonchev–Trinajstić information content (AvgIpc) is 2.50. The second-order valence-corrected chi connectivity index (χ2v) is 4.50. The van der Waals surface area contributed by atoms with Gasteiger partial charge in [0.25, 0.3) is 0 Å². The molecule has 0 spiro atoms. The number of nitrogens with zero attached hydrogens (tertiary/aromatic N) is 1. The summed E-state index contributed by atoms with van der Waals surface area (Å²) in [6.07, 6.45) is 3.36. The summed E-state index contributed by atoms with van der Waals surface area (Å²) in [5.74, 6) is 0.0430. The number of carbonyl (C=O) groups excluding carboxylic acids is 1. The number of carbonyl (C=O) groups is 1. The van der Waals surface area contributed by atoms with E-state index in [-0.39, 0.29) is 10.8 Å². The van der Waals surface area contributed by atoms with Gasteiger partial charge in [-0.1, -0.05) is 41.9 Å². The van der Waals surface area contributed by atoms with Crippen LogP contribution in [0.4, 0.5) is 0 Å². The first kappa shape index (κ1) is 12.7. The lowest BCUT2D eigenvalue weighted by atomic mass is 10.2. The van der Waals surface area contributed by atoms with Crippen LogP contribution in [-0.2, 0) is 16.1 Å². The van der Waals surface area contributed by atoms with Crippen molar-refractivity contribution in [3.05, 3.63) is 59.0 Å². The number of likely N-dealkylation sites (N-methyl/N-ethyl adjacent to an activating group) is 1. The summed E-state index contributed by atoms with van der Waals surface area (Å²) in [4.78, 5) is 13.7. The maximum absolute atomic E-state index is 11.9. The number of hydrogen-bond acceptors (Lipinski definition) is 3. The zero-order chi connectivity index (χ0) is 13.0. The van der Waals surface area contributed by atoms with Gasteiger partial charge in [0.2, 0.25) is 5.78 Å². The highest BCUT2D eigenvalue weighted by molar-refractivity contribution is 6.44. The van der Waals surface area contributed by atoms with Gasteiger partial charge in [-0.05, 0) is 11.6 Å². The summed E-state index contributed by atoms with van der Waals surface area (Å²) in [7, 11) is 1.85. The Balaban J connectivity index is 2.05. The highest BCUT2D eigenvalue weighted by Gasteiger charge is 2.18. The molecule has 18 heavy (non-hydrogen) atoms. The highest BCUT2D eigenvalue weighted by Crippen LogP contribution is 2.17. The number of rotatable bonds is 3. The Labute approximate surface area is 111 Å². The van der Waals surface area contributed by atoms with Crippen molar-refractivity contribution in [2.24, 2.45) is 0 Å². The van der Waals surface area contributed by atoms with Crippen molar-refractivity contribution in [3.63, 3.8) is 0 Å². The molecule has 0 aromatic heterocycles. The zero-order valence-corrected chi connectivity index (χ0v) is 10.9. The third-order valence-electron chi connectivity index (χ3n) is 2.58. The molecule has 3 nitrogen and oxygen atoms in total. The summed E-state index contributed by atoms with van der Waals surface area (Å²) in [5, 5.41) is 0.175. The number of ether oxygens (including phenoxy) is 1. The fraction of sp³-hybridized carbons (Fsp3) is 0.214. The minimum Gasteiger partial charge on any atom is -0.485 e. The molecule has 94 valence electrons. The van der Waals surface area contributed by atoms with Crippen LogP contribution in [0.2, 0.25) is 0 Å². The molecule has 1 aromatic carbocycles. The van der Waals surface area contributed by atoms with Crippen LogP contribution in [0.25, 0.3) is 0 Å². The van der Waals surface area contributed by atoms with E-state index in [0.717, 1.165) is 5.56 Å². The lowest BCUT2D eigenvalue weighted by molar-refractivity contribution is -0.115. The Morgan fingerprint density at radius 3 is 2.78 bits per heavy atom. The molecule has 1 aliphatic heterocycles. The van der Waals surface area contributed by atoms with Crippen LogP contribution < -0.4 is 0 Å². The molecule has 0 atom stereocenters. The van der Waals surface area contributed by atoms with Crippen LogP contribution in [0.3, 0.4) is 0 Å². The highest BCUT2D eigenvalue weighted by atomic mass is 35.5. The number of halogens is 1. The Morgan fingerprint density at radius 2 is 2.06 bits per heavy atom. The molecular formula is C14H14ClNO2. The molecule has 1 heterocycles. The van der Waals surface area contributed by atoms with Crippen molar-refractivity contribution in [2.75, 3.05) is 13.6 Å². The fourth-order valence-electron chi connectivity index (χ4n) is 1.60. The Kier molecular flexibility index (Phi) is 4.05. The molecule has 0 aliphatic carbocycles. The maximum Gasteiger partial charge on any atom is 0.240 e. The van der Waals surface area contributed by atoms with Crippen molar-refractivity contribution >= 4 is 17.4 Å². The van der Waals surface area contributed by atoms with E-state index in [1.807, 2.05) is 42.3 Å². The molecule has 0 saturated carbocycles. The van der Waals surface area contributed by atoms with Crippen LogP contribution >= 0.6 is 11.6 Å². The molecule has 0 N–H and O–H groups in total. The molecule has 0 saturated heterocycles. The normalized spacial score (nSPS) is 15.9. The number of Topliss-reactive ketones (excluding diaryl/α,β-unsaturated/α-hetero) is 1. The van der Waals surface area contributed by atoms with Crippen LogP contribution in [0.5, 0.6) is 0 Å². The van der Waals surface area contributed by atoms with Gasteiger partial charge < -0.3 is 9.64 Å². The van der Waals surface area contributed by atoms with Gasteiger partial charge in [0, 0.05) is 19.8 Å². The lowest BCUT2D eigenvalue weighted by Crippen LogP contribution is -2.09. The molecule has 0 fully saturated rings. The van der Waals surface area contributed by atoms with E-state index in [4.69, 9.17) is 16.3 Å². The van der Waals surface area contributed by atoms with Crippen LogP contribution in [0.15, 0.2) is 53.4 Å². The minimum atomic E-state index is -0.267. The monoisotopic (exact) mass is 263 g/mol. The van der Waals surface area contributed by atoms with Crippen LogP contribution in [0.1, 0.15) is 5.56 Å². The standard InChI is InChI=1S/C14H14ClNO2/c1-16-8-7-13(14(17)12(15)9-16)18-10-11-5-3-2-4-6-11/h2-7,9H,8,10H2,1H3. The Morgan fingerprint density at radius 1 is 1.33 bits per heavy atom. The summed E-state index contributed by atoms with van der Waals surface area (Å²) in [6, 6.07) is 9.70. The van der Waals surface area contributed by atoms with Crippen molar-refractivity contribution < 1.29 is 9.53 Å². The number of allylic oxidation sites excluding steroid dienone is 1. The molecular weight excluding hydrogens is 250 g/mol. The van der Waals surface area contributed by atoms with E-state index in [0.29, 0.717) is 18.9 Å². The van der Waals surface area contributed by atoms with Crippen molar-refractivity contribution in [3.8, 4) is 0 Å². The zero-order valence-electron chi connectivity index (χ0n) is 10.1. The second kappa shape index (κ2) is 5.74. The molecule has 1 aromatic rings. The van der Waals surface area contributed by atoms with Crippen LogP contribution in [-0.4, -0.2) is 24.3 Å². The van der Waals surface area contributed by atoms with E-state index in [2.05, 4.69) is 0 Å². The van der Waals surface area contributed by atoms with Gasteiger partial charge in [-0.25, -0.2) is 0 Å². The summed E-state index contributed by atoms with van der Waals surface area (Å²) in [5.41, 5.74) is 1.02. The first-order chi connectivity index (χ1) is 8.66. The average molecular weight is 264 g/mol. The SMILES string of the molecule is CN1C=C(Cl)C(=O)C(OCc2ccccc2)=CC1. The van der Waals surface area contributed by atoms with Crippen molar-refractivity contribution in [1.82, 2.24) is 4.90 Å². The van der Waals surface area contributed by atoms with Gasteiger partial charge in [-0.15, -0.1) is 0 Å². The quantitative estimate of drug-likeness (QED) is 0.840. The second-order valence-electron chi connectivity index (χ2n) is 4.09. The summed E-state index contributed by atoms with van der Waals surface area (Å²) < 4.78 is 5.54. The number of ketones is 1. The van der Waals surface area contributed by atoms with Crippen LogP contribution in [0, 0.1) is 0 Å². The first-order valence-electron chi connectivity index (χ1n) is 5.66. The van der Waals surface area contributed by atoms with E-state index in [1.54, 1.807) is 12.3 Å². The third kappa shape index (κ3) is 3.14. The van der Waals surface area contributed by atoms with Crippen molar-refractivity contribution in [2.45, 2.75) is 6.61 Å². The van der Waals surface area contributed by atoms with Gasteiger partial charge in [0.15, 0.2) is 5.76 Å². The van der Waals surface area contributed by atoms with Gasteiger partial charge in [-0.3, -0.25) is 4.79 Å². The molecule has 0 bridgehead atoms. The topological polar surface area (TPSA) is 29.5 Å². The fourth-order valence-corrected chi connectivity index (χ4v) is 1.86. The third-order valence-corrected chi connectivity index (χ3v) is 2.85. The molecule has 0 unspecified atom stereocenters. The van der Waals surface area contributed by atoms with Gasteiger partial charge >= 0.3 is 0 Å². The molecule has 2 rings (SSSR count).